The first-order valence-corrected chi connectivity index (χ1v) is 13.8. The number of aromatic hydroxyl groups is 2. The molecule has 0 radical (unpaired) electrons. The van der Waals surface area contributed by atoms with Crippen LogP contribution in [0, 0.1) is 0 Å². The molecule has 0 aliphatic carbocycles. The summed E-state index contributed by atoms with van der Waals surface area (Å²) in [4.78, 5) is 62.7. The lowest BCUT2D eigenvalue weighted by atomic mass is 10.0. The molecule has 234 valence electrons. The monoisotopic (exact) mass is 600 g/mol. The minimum Gasteiger partial charge on any atom is -0.508 e. The number of benzene rings is 2. The molecule has 43 heavy (non-hydrogen) atoms. The maximum Gasteiger partial charge on any atom is 0.326 e. The predicted molar refractivity (Wildman–Crippen MR) is 156 cm³/mol. The standard InChI is InChI=1S/C29H40N6O8/c30-14-2-1-3-22(29(42)43)33-27(40)24(16-18-6-10-20(37)11-7-18)35-28(41)23(15-17-4-8-19(36)9-5-17)34-26(39)21(31)12-13-25(32)38/h4-11,21-24,36-37H,1-3,12-16,30-31H2,(H2,32,38)(H,33,40)(H,34,39)(H,35,41)(H,42,43). The van der Waals surface area contributed by atoms with Crippen LogP contribution in [-0.4, -0.2) is 75.6 Å². The van der Waals surface area contributed by atoms with Crippen LogP contribution < -0.4 is 33.2 Å². The van der Waals surface area contributed by atoms with Crippen molar-refractivity contribution in [2.24, 2.45) is 17.2 Å². The fraction of sp³-hybridized carbons (Fsp3) is 0.414. The Bertz CT molecular complexity index is 1240. The zero-order chi connectivity index (χ0) is 31.9. The molecule has 12 N–H and O–H groups in total. The Morgan fingerprint density at radius 2 is 1.12 bits per heavy atom. The summed E-state index contributed by atoms with van der Waals surface area (Å²) in [7, 11) is 0. The number of primary amides is 1. The van der Waals surface area contributed by atoms with Gasteiger partial charge in [0.15, 0.2) is 0 Å². The molecule has 14 heteroatoms. The number of hydrogen-bond donors (Lipinski definition) is 9. The molecule has 0 saturated carbocycles. The number of rotatable bonds is 18. The highest BCUT2D eigenvalue weighted by atomic mass is 16.4. The van der Waals surface area contributed by atoms with Crippen molar-refractivity contribution in [2.75, 3.05) is 6.54 Å². The van der Waals surface area contributed by atoms with Crippen LogP contribution in [0.15, 0.2) is 48.5 Å². The van der Waals surface area contributed by atoms with Crippen LogP contribution in [0.3, 0.4) is 0 Å². The Morgan fingerprint density at radius 3 is 1.53 bits per heavy atom. The minimum absolute atomic E-state index is 0.00709. The number of aliphatic carboxylic acids is 1. The summed E-state index contributed by atoms with van der Waals surface area (Å²) in [6, 6.07) is 6.92. The van der Waals surface area contributed by atoms with Crippen LogP contribution in [0.1, 0.15) is 43.2 Å². The first kappa shape index (κ1) is 34.5. The molecule has 2 aromatic carbocycles. The van der Waals surface area contributed by atoms with Crippen LogP contribution in [-0.2, 0) is 36.8 Å². The largest absolute Gasteiger partial charge is 0.508 e. The second-order valence-corrected chi connectivity index (χ2v) is 10.2. The molecule has 2 rings (SSSR count). The molecule has 0 saturated heterocycles. The molecule has 14 nitrogen and oxygen atoms in total. The van der Waals surface area contributed by atoms with E-state index in [9.17, 15) is 39.3 Å². The third kappa shape index (κ3) is 12.4. The minimum atomic E-state index is -1.27. The molecule has 0 aromatic heterocycles. The molecule has 0 heterocycles. The van der Waals surface area contributed by atoms with Crippen LogP contribution in [0.2, 0.25) is 0 Å². The molecule has 2 aromatic rings. The van der Waals surface area contributed by atoms with Gasteiger partial charge in [-0.2, -0.15) is 0 Å². The van der Waals surface area contributed by atoms with E-state index in [1.54, 1.807) is 24.3 Å². The molecule has 4 atom stereocenters. The van der Waals surface area contributed by atoms with Gasteiger partial charge >= 0.3 is 5.97 Å². The predicted octanol–water partition coefficient (Wildman–Crippen LogP) is -0.856. The number of phenols is 2. The van der Waals surface area contributed by atoms with Crippen LogP contribution >= 0.6 is 0 Å². The van der Waals surface area contributed by atoms with Crippen molar-refractivity contribution in [1.82, 2.24) is 16.0 Å². The van der Waals surface area contributed by atoms with E-state index in [2.05, 4.69) is 16.0 Å². The number of nitrogens with two attached hydrogens (primary N) is 3. The Balaban J connectivity index is 2.32. The van der Waals surface area contributed by atoms with Gasteiger partial charge in [0, 0.05) is 19.3 Å². The Kier molecular flexibility index (Phi) is 13.9. The van der Waals surface area contributed by atoms with Gasteiger partial charge in [0.2, 0.25) is 23.6 Å². The van der Waals surface area contributed by atoms with Crippen LogP contribution in [0.4, 0.5) is 0 Å². The lowest BCUT2D eigenvalue weighted by Gasteiger charge is -2.25. The highest BCUT2D eigenvalue weighted by Gasteiger charge is 2.31. The Morgan fingerprint density at radius 1 is 0.674 bits per heavy atom. The molecule has 4 unspecified atom stereocenters. The highest BCUT2D eigenvalue weighted by Crippen LogP contribution is 2.14. The van der Waals surface area contributed by atoms with Crippen molar-refractivity contribution in [3.05, 3.63) is 59.7 Å². The third-order valence-electron chi connectivity index (χ3n) is 6.62. The summed E-state index contributed by atoms with van der Waals surface area (Å²) in [5.74, 6) is -4.18. The number of carbonyl (C=O) groups is 5. The van der Waals surface area contributed by atoms with Gasteiger partial charge in [-0.1, -0.05) is 24.3 Å². The van der Waals surface area contributed by atoms with Crippen molar-refractivity contribution in [3.63, 3.8) is 0 Å². The summed E-state index contributed by atoms with van der Waals surface area (Å²) < 4.78 is 0. The van der Waals surface area contributed by atoms with E-state index >= 15 is 0 Å². The summed E-state index contributed by atoms with van der Waals surface area (Å²) in [5, 5.41) is 36.5. The number of hydrogen-bond acceptors (Lipinski definition) is 9. The molecular formula is C29H40N6O8. The molecule has 0 fully saturated rings. The highest BCUT2D eigenvalue weighted by molar-refractivity contribution is 5.94. The van der Waals surface area contributed by atoms with E-state index in [-0.39, 0.29) is 43.6 Å². The molecule has 0 spiro atoms. The topological polar surface area (TPSA) is 260 Å². The smallest absolute Gasteiger partial charge is 0.326 e. The van der Waals surface area contributed by atoms with Crippen molar-refractivity contribution in [1.29, 1.82) is 0 Å². The number of nitrogens with one attached hydrogen (secondary N) is 3. The fourth-order valence-electron chi connectivity index (χ4n) is 4.16. The van der Waals surface area contributed by atoms with Crippen molar-refractivity contribution in [2.45, 2.75) is 69.1 Å². The van der Waals surface area contributed by atoms with Crippen molar-refractivity contribution >= 4 is 29.6 Å². The molecule has 0 aliphatic rings. The summed E-state index contributed by atoms with van der Waals surface area (Å²) in [6.45, 7) is 0.361. The fourth-order valence-corrected chi connectivity index (χ4v) is 4.16. The van der Waals surface area contributed by atoms with Gasteiger partial charge in [0.25, 0.3) is 0 Å². The average Bonchev–Trinajstić information content (AvgIpc) is 2.96. The lowest BCUT2D eigenvalue weighted by Crippen LogP contribution is -2.58. The molecule has 0 aliphatic heterocycles. The maximum absolute atomic E-state index is 13.6. The Hall–Kier alpha value is -4.69. The maximum atomic E-state index is 13.6. The second kappa shape index (κ2) is 17.3. The summed E-state index contributed by atoms with van der Waals surface area (Å²) >= 11 is 0. The summed E-state index contributed by atoms with van der Waals surface area (Å²) in [6.07, 6.45) is 0.833. The number of phenolic OH excluding ortho intramolecular Hbond substituents is 2. The van der Waals surface area contributed by atoms with Gasteiger partial charge in [0.05, 0.1) is 6.04 Å². The number of unbranched alkanes of at least 4 members (excludes halogenated alkanes) is 1. The first-order chi connectivity index (χ1) is 20.4. The van der Waals surface area contributed by atoms with Gasteiger partial charge in [-0.3, -0.25) is 19.2 Å². The van der Waals surface area contributed by atoms with E-state index in [4.69, 9.17) is 17.2 Å². The van der Waals surface area contributed by atoms with Crippen molar-refractivity contribution in [3.8, 4) is 11.5 Å². The van der Waals surface area contributed by atoms with E-state index in [1.165, 1.54) is 24.3 Å². The first-order valence-electron chi connectivity index (χ1n) is 13.8. The molecule has 0 bridgehead atoms. The van der Waals surface area contributed by atoms with Gasteiger partial charge < -0.3 is 48.5 Å². The SMILES string of the molecule is NCCCCC(NC(=O)C(Cc1ccc(O)cc1)NC(=O)C(Cc1ccc(O)cc1)NC(=O)C(N)CCC(N)=O)C(=O)O. The number of carbonyl (C=O) groups excluding carboxylic acids is 4. The number of carboxylic acids is 1. The molecular weight excluding hydrogens is 560 g/mol. The van der Waals surface area contributed by atoms with Gasteiger partial charge in [-0.05, 0) is 67.6 Å². The van der Waals surface area contributed by atoms with Gasteiger partial charge in [-0.25, -0.2) is 4.79 Å². The van der Waals surface area contributed by atoms with E-state index in [1.807, 2.05) is 0 Å². The van der Waals surface area contributed by atoms with Gasteiger partial charge in [0.1, 0.15) is 29.6 Å². The average molecular weight is 601 g/mol. The number of carboxylic acid groups (broad SMARTS) is 1. The van der Waals surface area contributed by atoms with E-state index < -0.39 is 53.8 Å². The van der Waals surface area contributed by atoms with Crippen molar-refractivity contribution < 1.29 is 39.3 Å². The Labute approximate surface area is 249 Å². The normalized spacial score (nSPS) is 13.6. The second-order valence-electron chi connectivity index (χ2n) is 10.2. The zero-order valence-corrected chi connectivity index (χ0v) is 23.7. The van der Waals surface area contributed by atoms with Crippen LogP contribution in [0.5, 0.6) is 11.5 Å². The lowest BCUT2D eigenvalue weighted by molar-refractivity contribution is -0.142. The molecule has 4 amide bonds. The third-order valence-corrected chi connectivity index (χ3v) is 6.62. The summed E-state index contributed by atoms with van der Waals surface area (Å²) in [5.41, 5.74) is 17.6. The van der Waals surface area contributed by atoms with Crippen LogP contribution in [0.25, 0.3) is 0 Å². The quantitative estimate of drug-likeness (QED) is 0.0956. The number of amides is 4. The van der Waals surface area contributed by atoms with E-state index in [0.29, 0.717) is 30.5 Å². The zero-order valence-electron chi connectivity index (χ0n) is 23.7. The van der Waals surface area contributed by atoms with Gasteiger partial charge in [-0.15, -0.1) is 0 Å². The van der Waals surface area contributed by atoms with E-state index in [0.717, 1.165) is 0 Å².